The van der Waals surface area contributed by atoms with E-state index in [0.29, 0.717) is 24.0 Å². The van der Waals surface area contributed by atoms with Crippen LogP contribution in [0.5, 0.6) is 0 Å². The number of likely N-dealkylation sites (N-methyl/N-ethyl adjacent to an activating group) is 1. The van der Waals surface area contributed by atoms with Crippen molar-refractivity contribution in [3.05, 3.63) is 0 Å². The van der Waals surface area contributed by atoms with Gasteiger partial charge < -0.3 is 14.5 Å². The van der Waals surface area contributed by atoms with Gasteiger partial charge in [0.15, 0.2) is 6.54 Å². The van der Waals surface area contributed by atoms with Crippen molar-refractivity contribution in [2.45, 2.75) is 90.4 Å². The molecular weight excluding hydrogens is 340 g/mol. The maximum absolute atomic E-state index is 11.9. The molecule has 0 aliphatic rings. The number of nitrogens with zero attached hydrogens (tertiary/aromatic N) is 1. The van der Waals surface area contributed by atoms with Crippen LogP contribution in [0.1, 0.15) is 90.4 Å². The first-order chi connectivity index (χ1) is 12.9. The summed E-state index contributed by atoms with van der Waals surface area (Å²) in [7, 11) is 5.42. The molecule has 0 spiro atoms. The zero-order chi connectivity index (χ0) is 20.4. The van der Waals surface area contributed by atoms with Crippen molar-refractivity contribution < 1.29 is 18.8 Å². The first kappa shape index (κ1) is 25.9. The zero-order valence-corrected chi connectivity index (χ0v) is 18.5. The van der Waals surface area contributed by atoms with Crippen LogP contribution in [0.3, 0.4) is 0 Å². The summed E-state index contributed by atoms with van der Waals surface area (Å²) in [5.74, 6) is -0.0373. The minimum absolute atomic E-state index is 0.157. The molecule has 0 aliphatic heterocycles. The third kappa shape index (κ3) is 18.0. The maximum atomic E-state index is 11.9. The highest BCUT2D eigenvalue weighted by Crippen LogP contribution is 2.11. The van der Waals surface area contributed by atoms with Crippen LogP contribution in [-0.2, 0) is 14.3 Å². The van der Waals surface area contributed by atoms with Crippen molar-refractivity contribution in [3.8, 4) is 0 Å². The Bertz CT molecular complexity index is 384. The number of rotatable bonds is 18. The number of carbonyl (C=O) groups excluding carboxylic acids is 2. The molecule has 0 aromatic heterocycles. The second-order valence-corrected chi connectivity index (χ2v) is 8.38. The van der Waals surface area contributed by atoms with Crippen molar-refractivity contribution in [1.82, 2.24) is 5.32 Å². The van der Waals surface area contributed by atoms with Gasteiger partial charge in [0.05, 0.1) is 27.7 Å². The molecule has 1 N–H and O–H groups in total. The van der Waals surface area contributed by atoms with E-state index in [1.165, 1.54) is 64.9 Å². The lowest BCUT2D eigenvalue weighted by atomic mass is 10.1. The minimum atomic E-state index is -0.194. The van der Waals surface area contributed by atoms with Gasteiger partial charge in [-0.3, -0.25) is 4.79 Å². The third-order valence-corrected chi connectivity index (χ3v) is 5.05. The van der Waals surface area contributed by atoms with Crippen molar-refractivity contribution >= 4 is 11.9 Å². The molecule has 5 heteroatoms. The van der Waals surface area contributed by atoms with Crippen LogP contribution in [0.4, 0.5) is 0 Å². The van der Waals surface area contributed by atoms with Gasteiger partial charge in [0.2, 0.25) is 5.91 Å². The van der Waals surface area contributed by atoms with E-state index in [2.05, 4.69) is 12.2 Å². The molecule has 0 aliphatic carbocycles. The molecule has 160 valence electrons. The van der Waals surface area contributed by atoms with Gasteiger partial charge in [-0.1, -0.05) is 71.1 Å². The number of methoxy groups -OCH3 is 1. The van der Waals surface area contributed by atoms with E-state index < -0.39 is 0 Å². The summed E-state index contributed by atoms with van der Waals surface area (Å²) in [4.78, 5) is 23.2. The fourth-order valence-corrected chi connectivity index (χ4v) is 3.27. The summed E-state index contributed by atoms with van der Waals surface area (Å²) in [5.41, 5.74) is 0. The van der Waals surface area contributed by atoms with E-state index >= 15 is 0 Å². The van der Waals surface area contributed by atoms with E-state index in [0.717, 1.165) is 25.8 Å². The molecule has 0 saturated heterocycles. The highest BCUT2D eigenvalue weighted by molar-refractivity contribution is 5.75. The number of unbranched alkanes of at least 4 members (excludes halogenated alkanes) is 10. The lowest BCUT2D eigenvalue weighted by molar-refractivity contribution is -0.883. The fourth-order valence-electron chi connectivity index (χ4n) is 3.27. The molecule has 0 fully saturated rings. The predicted molar refractivity (Wildman–Crippen MR) is 113 cm³/mol. The second-order valence-electron chi connectivity index (χ2n) is 8.38. The topological polar surface area (TPSA) is 55.4 Å². The summed E-state index contributed by atoms with van der Waals surface area (Å²) in [6, 6.07) is 0. The SMILES string of the molecule is CCCCCCCCCCCCCC(=O)NCCC[N+](C)(C)CC(=O)OC. The quantitative estimate of drug-likeness (QED) is 0.215. The monoisotopic (exact) mass is 385 g/mol. The molecule has 0 rings (SSSR count). The summed E-state index contributed by atoms with van der Waals surface area (Å²) in [6.45, 7) is 4.14. The van der Waals surface area contributed by atoms with Gasteiger partial charge in [0, 0.05) is 19.4 Å². The van der Waals surface area contributed by atoms with Crippen LogP contribution in [-0.4, -0.2) is 57.2 Å². The Hall–Kier alpha value is -1.10. The number of nitrogens with one attached hydrogen (secondary N) is 1. The predicted octanol–water partition coefficient (Wildman–Crippen LogP) is 4.44. The molecule has 0 unspecified atom stereocenters. The van der Waals surface area contributed by atoms with Gasteiger partial charge >= 0.3 is 5.97 Å². The van der Waals surface area contributed by atoms with Crippen LogP contribution < -0.4 is 5.32 Å². The number of amides is 1. The number of carbonyl (C=O) groups is 2. The van der Waals surface area contributed by atoms with Crippen molar-refractivity contribution in [2.75, 3.05) is 40.8 Å². The molecular formula is C22H45N2O3+. The fraction of sp³-hybridized carbons (Fsp3) is 0.909. The van der Waals surface area contributed by atoms with Crippen LogP contribution in [0, 0.1) is 0 Å². The standard InChI is InChI=1S/C22H44N2O3/c1-5-6-7-8-9-10-11-12-13-14-15-17-21(25)23-18-16-19-24(2,3)20-22(26)27-4/h5-20H2,1-4H3/p+1. The second kappa shape index (κ2) is 17.0. The van der Waals surface area contributed by atoms with Gasteiger partial charge in [-0.15, -0.1) is 0 Å². The Morgan fingerprint density at radius 2 is 1.33 bits per heavy atom. The Morgan fingerprint density at radius 3 is 1.85 bits per heavy atom. The molecule has 1 amide bonds. The molecule has 5 nitrogen and oxygen atoms in total. The van der Waals surface area contributed by atoms with Crippen molar-refractivity contribution in [2.24, 2.45) is 0 Å². The molecule has 0 radical (unpaired) electrons. The largest absolute Gasteiger partial charge is 0.465 e. The number of quaternary nitrogens is 1. The van der Waals surface area contributed by atoms with Crippen LogP contribution in [0.2, 0.25) is 0 Å². The van der Waals surface area contributed by atoms with Crippen LogP contribution >= 0.6 is 0 Å². The van der Waals surface area contributed by atoms with Crippen molar-refractivity contribution in [1.29, 1.82) is 0 Å². The third-order valence-electron chi connectivity index (χ3n) is 5.05. The lowest BCUT2D eigenvalue weighted by Gasteiger charge is -2.28. The summed E-state index contributed by atoms with van der Waals surface area (Å²) in [6.07, 6.45) is 15.8. The van der Waals surface area contributed by atoms with Gasteiger partial charge in [-0.2, -0.15) is 0 Å². The number of ether oxygens (including phenoxy) is 1. The first-order valence-electron chi connectivity index (χ1n) is 11.1. The smallest absolute Gasteiger partial charge is 0.361 e. The average Bonchev–Trinajstić information content (AvgIpc) is 2.62. The molecule has 0 bridgehead atoms. The van der Waals surface area contributed by atoms with Gasteiger partial charge in [-0.05, 0) is 6.42 Å². The molecule has 27 heavy (non-hydrogen) atoms. The zero-order valence-electron chi connectivity index (χ0n) is 18.5. The highest BCUT2D eigenvalue weighted by atomic mass is 16.5. The van der Waals surface area contributed by atoms with E-state index in [4.69, 9.17) is 4.74 Å². The van der Waals surface area contributed by atoms with E-state index in [1.54, 1.807) is 0 Å². The van der Waals surface area contributed by atoms with E-state index in [9.17, 15) is 9.59 Å². The Balaban J connectivity index is 3.43. The molecule has 0 heterocycles. The van der Waals surface area contributed by atoms with Crippen LogP contribution in [0.15, 0.2) is 0 Å². The van der Waals surface area contributed by atoms with Crippen molar-refractivity contribution in [3.63, 3.8) is 0 Å². The summed E-state index contributed by atoms with van der Waals surface area (Å²) in [5, 5.41) is 2.99. The van der Waals surface area contributed by atoms with E-state index in [1.807, 2.05) is 14.1 Å². The lowest BCUT2D eigenvalue weighted by Crippen LogP contribution is -2.45. The highest BCUT2D eigenvalue weighted by Gasteiger charge is 2.19. The molecule has 0 saturated carbocycles. The minimum Gasteiger partial charge on any atom is -0.465 e. The molecule has 0 aromatic rings. The number of esters is 1. The van der Waals surface area contributed by atoms with Gasteiger partial charge in [0.1, 0.15) is 0 Å². The average molecular weight is 386 g/mol. The number of hydrogen-bond donors (Lipinski definition) is 1. The van der Waals surface area contributed by atoms with E-state index in [-0.39, 0.29) is 11.9 Å². The first-order valence-corrected chi connectivity index (χ1v) is 11.1. The summed E-state index contributed by atoms with van der Waals surface area (Å²) < 4.78 is 5.30. The maximum Gasteiger partial charge on any atom is 0.361 e. The Morgan fingerprint density at radius 1 is 0.815 bits per heavy atom. The molecule has 0 aromatic carbocycles. The van der Waals surface area contributed by atoms with Gasteiger partial charge in [0.25, 0.3) is 0 Å². The summed E-state index contributed by atoms with van der Waals surface area (Å²) >= 11 is 0. The van der Waals surface area contributed by atoms with Gasteiger partial charge in [-0.25, -0.2) is 4.79 Å². The molecule has 0 atom stereocenters. The normalized spacial score (nSPS) is 11.4. The van der Waals surface area contributed by atoms with Crippen LogP contribution in [0.25, 0.3) is 0 Å². The Kier molecular flexibility index (Phi) is 16.3. The Labute approximate surface area is 167 Å². The number of hydrogen-bond acceptors (Lipinski definition) is 3.